The van der Waals surface area contributed by atoms with Crippen molar-refractivity contribution in [2.75, 3.05) is 11.9 Å². The number of benzene rings is 1. The molecule has 0 saturated carbocycles. The second-order valence-corrected chi connectivity index (χ2v) is 6.75. The fourth-order valence-corrected chi connectivity index (χ4v) is 2.86. The number of hydrogen-bond donors (Lipinski definition) is 3. The third-order valence-electron chi connectivity index (χ3n) is 4.15. The molecule has 0 aromatic heterocycles. The molecule has 1 amide bonds. The first kappa shape index (κ1) is 19.1. The van der Waals surface area contributed by atoms with Crippen LogP contribution in [0.3, 0.4) is 0 Å². The first-order valence-electron chi connectivity index (χ1n) is 8.39. The number of aliphatic hydroxyl groups is 1. The molecule has 0 radical (unpaired) electrons. The summed E-state index contributed by atoms with van der Waals surface area (Å²) in [6.45, 7) is 6.09. The number of carbonyl (C=O) groups is 1. The Kier molecular flexibility index (Phi) is 6.33. The van der Waals surface area contributed by atoms with Gasteiger partial charge in [0.2, 0.25) is 5.91 Å². The molecule has 1 unspecified atom stereocenters. The number of carbonyl (C=O) groups excluding carboxylic acids is 1. The number of anilines is 1. The molecule has 1 fully saturated rings. The number of ether oxygens (including phenoxy) is 1. The van der Waals surface area contributed by atoms with E-state index in [0.29, 0.717) is 30.7 Å². The lowest BCUT2D eigenvalue weighted by molar-refractivity contribution is -0.385. The highest BCUT2D eigenvalue weighted by Crippen LogP contribution is 2.23. The van der Waals surface area contributed by atoms with Crippen LogP contribution in [0.4, 0.5) is 11.4 Å². The van der Waals surface area contributed by atoms with Gasteiger partial charge in [-0.05, 0) is 37.8 Å². The van der Waals surface area contributed by atoms with E-state index in [1.807, 2.05) is 13.8 Å². The minimum absolute atomic E-state index is 0.0432. The van der Waals surface area contributed by atoms with Crippen molar-refractivity contribution >= 4 is 17.3 Å². The van der Waals surface area contributed by atoms with E-state index in [4.69, 9.17) is 4.74 Å². The van der Waals surface area contributed by atoms with E-state index in [-0.39, 0.29) is 17.5 Å². The molecule has 2 rings (SSSR count). The molecule has 1 heterocycles. The van der Waals surface area contributed by atoms with Crippen molar-refractivity contribution in [3.8, 4) is 0 Å². The number of nitrogens with one attached hydrogen (secondary N) is 2. The summed E-state index contributed by atoms with van der Waals surface area (Å²) in [4.78, 5) is 23.1. The number of nitrogens with zero attached hydrogens (tertiary/aromatic N) is 1. The number of aliphatic hydroxyl groups excluding tert-OH is 1. The molecular weight excluding hydrogens is 326 g/mol. The van der Waals surface area contributed by atoms with E-state index < -0.39 is 23.3 Å². The van der Waals surface area contributed by atoms with Crippen molar-refractivity contribution in [3.05, 3.63) is 33.9 Å². The van der Waals surface area contributed by atoms with Gasteiger partial charge in [0.05, 0.1) is 17.6 Å². The zero-order chi connectivity index (χ0) is 18.6. The summed E-state index contributed by atoms with van der Waals surface area (Å²) in [5.74, 6) is 0.0476. The zero-order valence-electron chi connectivity index (χ0n) is 14.7. The number of hydrogen-bond acceptors (Lipinski definition) is 6. The normalized spacial score (nSPS) is 21.2. The molecule has 0 bridgehead atoms. The molecule has 1 aromatic carbocycles. The fourth-order valence-electron chi connectivity index (χ4n) is 2.86. The highest BCUT2D eigenvalue weighted by molar-refractivity contribution is 5.85. The van der Waals surface area contributed by atoms with Gasteiger partial charge in [-0.15, -0.1) is 0 Å². The quantitative estimate of drug-likeness (QED) is 0.511. The van der Waals surface area contributed by atoms with Crippen molar-refractivity contribution in [1.29, 1.82) is 0 Å². The molecule has 1 saturated heterocycles. The number of nitro benzene ring substituents is 1. The summed E-state index contributed by atoms with van der Waals surface area (Å²) >= 11 is 0. The summed E-state index contributed by atoms with van der Waals surface area (Å²) in [7, 11) is 0. The Morgan fingerprint density at radius 3 is 2.72 bits per heavy atom. The second-order valence-electron chi connectivity index (χ2n) is 6.75. The highest BCUT2D eigenvalue weighted by Gasteiger charge is 2.30. The Bertz CT molecular complexity index is 635. The lowest BCUT2D eigenvalue weighted by atomic mass is 10.0. The summed E-state index contributed by atoms with van der Waals surface area (Å²) in [6.07, 6.45) is 0.175. The molecule has 0 spiro atoms. The van der Waals surface area contributed by atoms with E-state index in [2.05, 4.69) is 10.6 Å². The van der Waals surface area contributed by atoms with Crippen LogP contribution in [0.2, 0.25) is 0 Å². The Hall–Kier alpha value is -2.19. The first-order chi connectivity index (χ1) is 11.8. The van der Waals surface area contributed by atoms with Crippen molar-refractivity contribution in [3.63, 3.8) is 0 Å². The van der Waals surface area contributed by atoms with Gasteiger partial charge in [0.1, 0.15) is 6.04 Å². The maximum Gasteiger partial charge on any atom is 0.272 e. The van der Waals surface area contributed by atoms with Crippen LogP contribution < -0.4 is 10.6 Å². The molecule has 138 valence electrons. The number of nitro groups is 1. The number of aryl methyl sites for hydroxylation is 1. The van der Waals surface area contributed by atoms with Crippen molar-refractivity contribution in [2.45, 2.75) is 52.0 Å². The van der Waals surface area contributed by atoms with Crippen molar-refractivity contribution in [2.24, 2.45) is 5.92 Å². The molecule has 3 atom stereocenters. The van der Waals surface area contributed by atoms with Gasteiger partial charge in [-0.25, -0.2) is 0 Å². The number of rotatable bonds is 7. The van der Waals surface area contributed by atoms with E-state index in [1.54, 1.807) is 19.1 Å². The predicted octanol–water partition coefficient (Wildman–Crippen LogP) is 1.95. The minimum Gasteiger partial charge on any atom is -0.374 e. The smallest absolute Gasteiger partial charge is 0.272 e. The van der Waals surface area contributed by atoms with Crippen LogP contribution in [-0.4, -0.2) is 40.9 Å². The molecule has 8 nitrogen and oxygen atoms in total. The molecule has 1 aliphatic heterocycles. The summed E-state index contributed by atoms with van der Waals surface area (Å²) in [5, 5.41) is 26.6. The summed E-state index contributed by atoms with van der Waals surface area (Å²) in [5.41, 5.74) is 1.21. The maximum absolute atomic E-state index is 12.6. The molecule has 0 aliphatic carbocycles. The molecule has 8 heteroatoms. The number of amides is 1. The molecule has 1 aliphatic rings. The Balaban J connectivity index is 2.10. The van der Waals surface area contributed by atoms with Crippen molar-refractivity contribution < 1.29 is 19.6 Å². The van der Waals surface area contributed by atoms with Crippen LogP contribution in [0, 0.1) is 23.0 Å². The first-order valence-corrected chi connectivity index (χ1v) is 8.39. The lowest BCUT2D eigenvalue weighted by Crippen LogP contribution is -2.48. The van der Waals surface area contributed by atoms with Crippen molar-refractivity contribution in [1.82, 2.24) is 5.32 Å². The van der Waals surface area contributed by atoms with Gasteiger partial charge in [-0.3, -0.25) is 14.9 Å². The van der Waals surface area contributed by atoms with Gasteiger partial charge in [-0.2, -0.15) is 0 Å². The predicted molar refractivity (Wildman–Crippen MR) is 93.2 cm³/mol. The average molecular weight is 351 g/mol. The third-order valence-corrected chi connectivity index (χ3v) is 4.15. The van der Waals surface area contributed by atoms with Crippen LogP contribution in [0.15, 0.2) is 18.2 Å². The molecule has 25 heavy (non-hydrogen) atoms. The van der Waals surface area contributed by atoms with Crippen LogP contribution in [0.1, 0.15) is 32.3 Å². The minimum atomic E-state index is -0.981. The standard InChI is InChI=1S/C17H25N3O5/c1-10(2)8-14(16(21)19-13-6-7-25-17(13)22)18-12-4-5-15(20(23)24)11(3)9-12/h4-5,9-10,13-14,17-18,22H,6-8H2,1-3H3,(H,19,21)/t13-,14-,17?/m0/s1. The SMILES string of the molecule is Cc1cc(N[C@@H](CC(C)C)C(=O)N[C@H]2CCOC2O)ccc1[N+](=O)[O-]. The van der Waals surface area contributed by atoms with Gasteiger partial charge in [0.25, 0.3) is 5.69 Å². The van der Waals surface area contributed by atoms with Gasteiger partial charge in [-0.1, -0.05) is 13.8 Å². The van der Waals surface area contributed by atoms with Crippen LogP contribution in [0.5, 0.6) is 0 Å². The summed E-state index contributed by atoms with van der Waals surface area (Å²) in [6, 6.07) is 3.76. The van der Waals surface area contributed by atoms with E-state index >= 15 is 0 Å². The maximum atomic E-state index is 12.6. The van der Waals surface area contributed by atoms with Gasteiger partial charge in [0.15, 0.2) is 6.29 Å². The highest BCUT2D eigenvalue weighted by atomic mass is 16.6. The second kappa shape index (κ2) is 8.26. The molecule has 3 N–H and O–H groups in total. The molecular formula is C17H25N3O5. The van der Waals surface area contributed by atoms with Crippen LogP contribution in [-0.2, 0) is 9.53 Å². The Morgan fingerprint density at radius 1 is 1.48 bits per heavy atom. The van der Waals surface area contributed by atoms with Gasteiger partial charge < -0.3 is 20.5 Å². The lowest BCUT2D eigenvalue weighted by Gasteiger charge is -2.24. The third kappa shape index (κ3) is 5.14. The monoisotopic (exact) mass is 351 g/mol. The van der Waals surface area contributed by atoms with Gasteiger partial charge in [0, 0.05) is 17.3 Å². The Morgan fingerprint density at radius 2 is 2.20 bits per heavy atom. The summed E-state index contributed by atoms with van der Waals surface area (Å²) < 4.78 is 5.05. The van der Waals surface area contributed by atoms with Crippen LogP contribution >= 0.6 is 0 Å². The van der Waals surface area contributed by atoms with E-state index in [0.717, 1.165) is 0 Å². The van der Waals surface area contributed by atoms with Crippen LogP contribution in [0.25, 0.3) is 0 Å². The van der Waals surface area contributed by atoms with E-state index in [1.165, 1.54) is 6.07 Å². The Labute approximate surface area is 146 Å². The molecule has 1 aromatic rings. The van der Waals surface area contributed by atoms with Gasteiger partial charge >= 0.3 is 0 Å². The van der Waals surface area contributed by atoms with E-state index in [9.17, 15) is 20.0 Å². The average Bonchev–Trinajstić information content (AvgIpc) is 2.91. The topological polar surface area (TPSA) is 114 Å². The fraction of sp³-hybridized carbons (Fsp3) is 0.588. The largest absolute Gasteiger partial charge is 0.374 e. The zero-order valence-corrected chi connectivity index (χ0v) is 14.7.